The number of hydrogen-bond donors (Lipinski definition) is 1. The van der Waals surface area contributed by atoms with Crippen LogP contribution in [0.15, 0.2) is 18.2 Å². The van der Waals surface area contributed by atoms with Crippen LogP contribution in [0.25, 0.3) is 0 Å². The fraction of sp³-hybridized carbons (Fsp3) is 0.619. The summed E-state index contributed by atoms with van der Waals surface area (Å²) >= 11 is 0. The van der Waals surface area contributed by atoms with Crippen molar-refractivity contribution < 1.29 is 9.59 Å². The summed E-state index contributed by atoms with van der Waals surface area (Å²) in [5, 5.41) is 2.99. The molecule has 2 aliphatic rings. The fourth-order valence-electron chi connectivity index (χ4n) is 5.21. The topological polar surface area (TPSA) is 46.2 Å². The van der Waals surface area contributed by atoms with Crippen LogP contribution in [0.5, 0.6) is 0 Å². The smallest absolute Gasteiger partial charge is 0.224 e. The first-order chi connectivity index (χ1) is 11.3. The zero-order chi connectivity index (χ0) is 17.5. The predicted molar refractivity (Wildman–Crippen MR) is 97.2 cm³/mol. The Morgan fingerprint density at radius 1 is 1.25 bits per heavy atom. The number of carbonyl (C=O) groups excluding carboxylic acids is 2. The minimum absolute atomic E-state index is 0.0270. The van der Waals surface area contributed by atoms with E-state index in [1.165, 1.54) is 11.1 Å². The molecule has 1 N–H and O–H groups in total. The number of benzene rings is 1. The summed E-state index contributed by atoms with van der Waals surface area (Å²) in [4.78, 5) is 24.2. The van der Waals surface area contributed by atoms with E-state index in [9.17, 15) is 9.59 Å². The van der Waals surface area contributed by atoms with Crippen molar-refractivity contribution in [2.45, 2.75) is 71.6 Å². The highest BCUT2D eigenvalue weighted by Crippen LogP contribution is 2.57. The Labute approximate surface area is 145 Å². The van der Waals surface area contributed by atoms with Gasteiger partial charge in [-0.3, -0.25) is 9.59 Å². The first-order valence-corrected chi connectivity index (χ1v) is 9.25. The highest BCUT2D eigenvalue weighted by Gasteiger charge is 2.53. The van der Waals surface area contributed by atoms with E-state index in [2.05, 4.69) is 31.3 Å². The van der Waals surface area contributed by atoms with Crippen LogP contribution in [0.2, 0.25) is 0 Å². The number of nitrogens with one attached hydrogen (secondary N) is 1. The highest BCUT2D eigenvalue weighted by molar-refractivity contribution is 5.90. The van der Waals surface area contributed by atoms with E-state index in [4.69, 9.17) is 0 Å². The van der Waals surface area contributed by atoms with Gasteiger partial charge in [0.15, 0.2) is 0 Å². The fourth-order valence-corrected chi connectivity index (χ4v) is 5.21. The standard InChI is InChI=1S/C21H29NO2/c1-5-19(24)22-16-9-7-15-8-10-18-20(3,14(2)23)11-6-12-21(18,4)17(15)13-16/h7,9,13,18H,5-6,8,10-12H2,1-4H3,(H,22,24)/t18?,20-,21?/m1/s1. The van der Waals surface area contributed by atoms with Crippen molar-refractivity contribution >= 4 is 17.4 Å². The maximum atomic E-state index is 12.4. The van der Waals surface area contributed by atoms with Crippen molar-refractivity contribution in [3.8, 4) is 0 Å². The van der Waals surface area contributed by atoms with E-state index in [0.29, 0.717) is 18.1 Å². The molecule has 0 aliphatic heterocycles. The number of Topliss-reactive ketones (excluding diaryl/α,β-unsaturated/α-hetero) is 1. The van der Waals surface area contributed by atoms with E-state index < -0.39 is 0 Å². The molecule has 130 valence electrons. The van der Waals surface area contributed by atoms with E-state index in [-0.39, 0.29) is 16.7 Å². The Morgan fingerprint density at radius 3 is 2.67 bits per heavy atom. The van der Waals surface area contributed by atoms with Crippen molar-refractivity contribution in [3.63, 3.8) is 0 Å². The molecule has 3 rings (SSSR count). The Hall–Kier alpha value is -1.64. The molecular formula is C21H29NO2. The summed E-state index contributed by atoms with van der Waals surface area (Å²) in [5.74, 6) is 0.767. The van der Waals surface area contributed by atoms with Gasteiger partial charge < -0.3 is 5.32 Å². The zero-order valence-corrected chi connectivity index (χ0v) is 15.4. The van der Waals surface area contributed by atoms with Crippen LogP contribution in [0.3, 0.4) is 0 Å². The minimum atomic E-state index is -0.215. The van der Waals surface area contributed by atoms with Crippen LogP contribution < -0.4 is 5.32 Å². The van der Waals surface area contributed by atoms with Crippen LogP contribution in [0.4, 0.5) is 5.69 Å². The number of aryl methyl sites for hydroxylation is 1. The summed E-state index contributed by atoms with van der Waals surface area (Å²) in [6.07, 6.45) is 5.82. The molecule has 3 nitrogen and oxygen atoms in total. The molecule has 1 fully saturated rings. The second-order valence-electron chi connectivity index (χ2n) is 8.11. The van der Waals surface area contributed by atoms with E-state index in [1.807, 2.05) is 13.0 Å². The lowest BCUT2D eigenvalue weighted by atomic mass is 9.49. The van der Waals surface area contributed by atoms with Crippen molar-refractivity contribution in [2.24, 2.45) is 11.3 Å². The average Bonchev–Trinajstić information content (AvgIpc) is 2.54. The maximum absolute atomic E-state index is 12.4. The Balaban J connectivity index is 2.03. The number of ketones is 1. The Bertz CT molecular complexity index is 680. The van der Waals surface area contributed by atoms with Gasteiger partial charge in [0, 0.05) is 17.5 Å². The summed E-state index contributed by atoms with van der Waals surface area (Å²) in [7, 11) is 0. The molecule has 2 unspecified atom stereocenters. The van der Waals surface area contributed by atoms with E-state index >= 15 is 0 Å². The SMILES string of the molecule is CCC(=O)Nc1ccc2c(c1)C1(C)CCC[C@](C)(C(C)=O)C1CC2. The number of rotatable bonds is 3. The molecule has 3 heteroatoms. The van der Waals surface area contributed by atoms with Crippen molar-refractivity contribution in [2.75, 3.05) is 5.32 Å². The van der Waals surface area contributed by atoms with Gasteiger partial charge in [-0.15, -0.1) is 0 Å². The number of carbonyl (C=O) groups is 2. The summed E-state index contributed by atoms with van der Waals surface area (Å²) in [5.41, 5.74) is 3.43. The Kier molecular flexibility index (Phi) is 4.31. The first kappa shape index (κ1) is 17.2. The molecule has 0 bridgehead atoms. The van der Waals surface area contributed by atoms with Crippen LogP contribution in [-0.4, -0.2) is 11.7 Å². The van der Waals surface area contributed by atoms with Gasteiger partial charge in [0.2, 0.25) is 5.91 Å². The molecule has 1 saturated carbocycles. The number of anilines is 1. The molecule has 2 aliphatic carbocycles. The molecule has 3 atom stereocenters. The third-order valence-electron chi connectivity index (χ3n) is 6.77. The molecule has 0 radical (unpaired) electrons. The molecule has 0 spiro atoms. The molecule has 1 amide bonds. The monoisotopic (exact) mass is 327 g/mol. The van der Waals surface area contributed by atoms with Gasteiger partial charge in [-0.2, -0.15) is 0 Å². The van der Waals surface area contributed by atoms with E-state index in [0.717, 1.165) is 37.8 Å². The zero-order valence-electron chi connectivity index (χ0n) is 15.4. The maximum Gasteiger partial charge on any atom is 0.224 e. The van der Waals surface area contributed by atoms with Gasteiger partial charge in [0.05, 0.1) is 0 Å². The summed E-state index contributed by atoms with van der Waals surface area (Å²) in [6, 6.07) is 6.35. The van der Waals surface area contributed by atoms with Gasteiger partial charge in [-0.1, -0.05) is 33.3 Å². The lowest BCUT2D eigenvalue weighted by Crippen LogP contribution is -2.51. The summed E-state index contributed by atoms with van der Waals surface area (Å²) < 4.78 is 0. The van der Waals surface area contributed by atoms with E-state index in [1.54, 1.807) is 6.92 Å². The second-order valence-corrected chi connectivity index (χ2v) is 8.11. The third kappa shape index (κ3) is 2.58. The normalized spacial score (nSPS) is 31.8. The molecule has 0 aromatic heterocycles. The van der Waals surface area contributed by atoms with Gasteiger partial charge in [0.1, 0.15) is 5.78 Å². The third-order valence-corrected chi connectivity index (χ3v) is 6.77. The van der Waals surface area contributed by atoms with Crippen LogP contribution >= 0.6 is 0 Å². The van der Waals surface area contributed by atoms with Gasteiger partial charge in [-0.25, -0.2) is 0 Å². The van der Waals surface area contributed by atoms with Crippen LogP contribution in [-0.2, 0) is 21.4 Å². The molecule has 1 aromatic carbocycles. The average molecular weight is 327 g/mol. The molecule has 1 aromatic rings. The second kappa shape index (κ2) is 6.02. The van der Waals surface area contributed by atoms with Crippen LogP contribution in [0, 0.1) is 11.3 Å². The lowest BCUT2D eigenvalue weighted by Gasteiger charge is -2.54. The number of amides is 1. The first-order valence-electron chi connectivity index (χ1n) is 9.25. The van der Waals surface area contributed by atoms with Crippen molar-refractivity contribution in [3.05, 3.63) is 29.3 Å². The molecule has 24 heavy (non-hydrogen) atoms. The molecular weight excluding hydrogens is 298 g/mol. The van der Waals surface area contributed by atoms with Crippen molar-refractivity contribution in [1.29, 1.82) is 0 Å². The van der Waals surface area contributed by atoms with Gasteiger partial charge in [0.25, 0.3) is 0 Å². The van der Waals surface area contributed by atoms with Crippen LogP contribution in [0.1, 0.15) is 70.9 Å². The minimum Gasteiger partial charge on any atom is -0.326 e. The van der Waals surface area contributed by atoms with Crippen molar-refractivity contribution in [1.82, 2.24) is 0 Å². The molecule has 0 saturated heterocycles. The lowest BCUT2D eigenvalue weighted by molar-refractivity contribution is -0.134. The quantitative estimate of drug-likeness (QED) is 0.879. The van der Waals surface area contributed by atoms with Gasteiger partial charge in [-0.05, 0) is 67.2 Å². The van der Waals surface area contributed by atoms with Gasteiger partial charge >= 0.3 is 0 Å². The number of fused-ring (bicyclic) bond motifs is 3. The Morgan fingerprint density at radius 2 is 2.00 bits per heavy atom. The number of hydrogen-bond acceptors (Lipinski definition) is 2. The predicted octanol–water partition coefficient (Wildman–Crippen LogP) is 4.63. The largest absolute Gasteiger partial charge is 0.326 e. The highest BCUT2D eigenvalue weighted by atomic mass is 16.1. The molecule has 0 heterocycles. The summed E-state index contributed by atoms with van der Waals surface area (Å²) in [6.45, 7) is 8.14.